The maximum absolute atomic E-state index is 5.41. The molecular weight excluding hydrogens is 326 g/mol. The van der Waals surface area contributed by atoms with E-state index in [2.05, 4.69) is 27.8 Å². The molecule has 0 spiro atoms. The number of para-hydroxylation sites is 1. The zero-order valence-electron chi connectivity index (χ0n) is 13.7. The Morgan fingerprint density at radius 1 is 0.760 bits per heavy atom. The number of aliphatic imine (C=N–C) groups is 1. The van der Waals surface area contributed by atoms with Crippen LogP contribution in [0.5, 0.6) is 0 Å². The Bertz CT molecular complexity index is 831. The van der Waals surface area contributed by atoms with E-state index < -0.39 is 0 Å². The lowest BCUT2D eigenvalue weighted by Gasteiger charge is -2.11. The fraction of sp³-hybridized carbons (Fsp3) is 0.0476. The fourth-order valence-electron chi connectivity index (χ4n) is 2.33. The molecule has 0 saturated heterocycles. The molecule has 0 bridgehead atoms. The third kappa shape index (κ3) is 5.26. The molecule has 0 fully saturated rings. The van der Waals surface area contributed by atoms with Crippen LogP contribution in [0.2, 0.25) is 0 Å². The molecule has 0 amide bonds. The van der Waals surface area contributed by atoms with Gasteiger partial charge in [-0.1, -0.05) is 78.9 Å². The molecule has 0 aliphatic rings. The summed E-state index contributed by atoms with van der Waals surface area (Å²) in [5.74, 6) is 0.720. The van der Waals surface area contributed by atoms with Crippen molar-refractivity contribution in [1.29, 1.82) is 0 Å². The molecule has 3 nitrogen and oxygen atoms in total. The molecule has 0 aliphatic heterocycles. The average Bonchev–Trinajstić information content (AvgIpc) is 2.68. The lowest BCUT2D eigenvalue weighted by Crippen LogP contribution is -2.23. The van der Waals surface area contributed by atoms with E-state index in [-0.39, 0.29) is 0 Å². The molecule has 0 atom stereocenters. The van der Waals surface area contributed by atoms with E-state index in [1.54, 1.807) is 0 Å². The van der Waals surface area contributed by atoms with Gasteiger partial charge >= 0.3 is 0 Å². The lowest BCUT2D eigenvalue weighted by molar-refractivity contribution is 0.920. The van der Waals surface area contributed by atoms with Crippen LogP contribution in [0.4, 0.5) is 5.69 Å². The first kappa shape index (κ1) is 16.9. The molecule has 25 heavy (non-hydrogen) atoms. The lowest BCUT2D eigenvalue weighted by atomic mass is 10.2. The molecule has 0 radical (unpaired) electrons. The molecule has 4 heteroatoms. The molecule has 0 aliphatic carbocycles. The minimum atomic E-state index is 0.450. The van der Waals surface area contributed by atoms with Crippen molar-refractivity contribution in [3.63, 3.8) is 0 Å². The highest BCUT2D eigenvalue weighted by molar-refractivity contribution is 7.80. The minimum absolute atomic E-state index is 0.450. The Morgan fingerprint density at radius 2 is 1.32 bits per heavy atom. The number of anilines is 1. The second-order valence-corrected chi connectivity index (χ2v) is 5.85. The maximum atomic E-state index is 5.41. The number of nitrogens with zero attached hydrogens (tertiary/aromatic N) is 1. The van der Waals surface area contributed by atoms with Crippen molar-refractivity contribution in [1.82, 2.24) is 5.32 Å². The zero-order chi connectivity index (χ0) is 17.3. The van der Waals surface area contributed by atoms with Gasteiger partial charge in [-0.2, -0.15) is 0 Å². The SMILES string of the molecule is S=C(/N=C(/Nc1ccccc1)c1ccccc1)NCc1ccccc1. The maximum Gasteiger partial charge on any atom is 0.195 e. The summed E-state index contributed by atoms with van der Waals surface area (Å²) in [6.45, 7) is 0.649. The van der Waals surface area contributed by atoms with Gasteiger partial charge in [-0.15, -0.1) is 0 Å². The summed E-state index contributed by atoms with van der Waals surface area (Å²) in [4.78, 5) is 4.58. The minimum Gasteiger partial charge on any atom is -0.357 e. The van der Waals surface area contributed by atoms with E-state index in [0.29, 0.717) is 11.7 Å². The van der Waals surface area contributed by atoms with E-state index in [1.807, 2.05) is 78.9 Å². The van der Waals surface area contributed by atoms with Gasteiger partial charge in [-0.25, -0.2) is 4.99 Å². The van der Waals surface area contributed by atoms with Crippen LogP contribution in [-0.4, -0.2) is 10.9 Å². The number of hydrogen-bond acceptors (Lipinski definition) is 1. The van der Waals surface area contributed by atoms with Crippen molar-refractivity contribution in [2.45, 2.75) is 6.54 Å². The summed E-state index contributed by atoms with van der Waals surface area (Å²) < 4.78 is 0. The van der Waals surface area contributed by atoms with Gasteiger partial charge in [0.15, 0.2) is 5.11 Å². The highest BCUT2D eigenvalue weighted by Crippen LogP contribution is 2.10. The monoisotopic (exact) mass is 345 g/mol. The van der Waals surface area contributed by atoms with Crippen LogP contribution in [0.1, 0.15) is 11.1 Å². The molecule has 0 heterocycles. The van der Waals surface area contributed by atoms with Gasteiger partial charge in [0.2, 0.25) is 0 Å². The Kier molecular flexibility index (Phi) is 5.91. The van der Waals surface area contributed by atoms with Crippen LogP contribution in [-0.2, 0) is 6.54 Å². The molecule has 3 rings (SSSR count). The average molecular weight is 345 g/mol. The van der Waals surface area contributed by atoms with Gasteiger partial charge in [0.1, 0.15) is 5.84 Å². The van der Waals surface area contributed by atoms with Gasteiger partial charge in [0.05, 0.1) is 0 Å². The molecule has 0 saturated carbocycles. The van der Waals surface area contributed by atoms with Crippen LogP contribution in [0, 0.1) is 0 Å². The van der Waals surface area contributed by atoms with Gasteiger partial charge in [0, 0.05) is 17.8 Å². The molecule has 2 N–H and O–H groups in total. The number of rotatable bonds is 4. The Morgan fingerprint density at radius 3 is 1.96 bits per heavy atom. The summed E-state index contributed by atoms with van der Waals surface area (Å²) in [5.41, 5.74) is 3.11. The molecule has 124 valence electrons. The first-order valence-corrected chi connectivity index (χ1v) is 8.50. The first-order valence-electron chi connectivity index (χ1n) is 8.09. The number of amidine groups is 1. The standard InChI is InChI=1S/C21H19N3S/c25-21(22-16-17-10-4-1-5-11-17)24-20(18-12-6-2-7-13-18)23-19-14-8-3-9-15-19/h1-15H,16H2,(H2,22,23,24,25). The summed E-state index contributed by atoms with van der Waals surface area (Å²) in [6, 6.07) is 30.0. The second kappa shape index (κ2) is 8.76. The van der Waals surface area contributed by atoms with E-state index in [0.717, 1.165) is 22.6 Å². The quantitative estimate of drug-likeness (QED) is 0.411. The van der Waals surface area contributed by atoms with E-state index in [1.165, 1.54) is 0 Å². The van der Waals surface area contributed by atoms with Gasteiger partial charge in [-0.05, 0) is 29.9 Å². The highest BCUT2D eigenvalue weighted by Gasteiger charge is 2.05. The summed E-state index contributed by atoms with van der Waals surface area (Å²) in [6.07, 6.45) is 0. The number of benzene rings is 3. The van der Waals surface area contributed by atoms with Crippen molar-refractivity contribution in [2.75, 3.05) is 5.32 Å². The number of nitrogens with one attached hydrogen (secondary N) is 2. The smallest absolute Gasteiger partial charge is 0.195 e. The second-order valence-electron chi connectivity index (χ2n) is 5.46. The van der Waals surface area contributed by atoms with Crippen molar-refractivity contribution in [3.05, 3.63) is 102 Å². The molecule has 3 aromatic carbocycles. The van der Waals surface area contributed by atoms with E-state index in [9.17, 15) is 0 Å². The van der Waals surface area contributed by atoms with Crippen LogP contribution >= 0.6 is 12.2 Å². The van der Waals surface area contributed by atoms with Crippen LogP contribution in [0.25, 0.3) is 0 Å². The van der Waals surface area contributed by atoms with Gasteiger partial charge in [-0.3, -0.25) is 0 Å². The summed E-state index contributed by atoms with van der Waals surface area (Å²) in [5, 5.41) is 6.99. The van der Waals surface area contributed by atoms with Crippen LogP contribution in [0.3, 0.4) is 0 Å². The van der Waals surface area contributed by atoms with Crippen LogP contribution in [0.15, 0.2) is 96.0 Å². The predicted octanol–water partition coefficient (Wildman–Crippen LogP) is 4.62. The fourth-order valence-corrected chi connectivity index (χ4v) is 2.50. The molecular formula is C21H19N3S. The van der Waals surface area contributed by atoms with E-state index in [4.69, 9.17) is 12.2 Å². The van der Waals surface area contributed by atoms with Crippen molar-refractivity contribution in [2.24, 2.45) is 4.99 Å². The highest BCUT2D eigenvalue weighted by atomic mass is 32.1. The molecule has 0 unspecified atom stereocenters. The normalized spacial score (nSPS) is 11.0. The van der Waals surface area contributed by atoms with Crippen molar-refractivity contribution >= 4 is 28.9 Å². The molecule has 0 aromatic heterocycles. The van der Waals surface area contributed by atoms with Crippen LogP contribution < -0.4 is 10.6 Å². The third-order valence-electron chi connectivity index (χ3n) is 3.58. The third-order valence-corrected chi connectivity index (χ3v) is 3.82. The summed E-state index contributed by atoms with van der Waals surface area (Å²) in [7, 11) is 0. The number of hydrogen-bond donors (Lipinski definition) is 2. The predicted molar refractivity (Wildman–Crippen MR) is 109 cm³/mol. The number of thiocarbonyl (C=S) groups is 1. The van der Waals surface area contributed by atoms with E-state index >= 15 is 0 Å². The van der Waals surface area contributed by atoms with Crippen molar-refractivity contribution in [3.8, 4) is 0 Å². The Labute approximate surface area is 153 Å². The van der Waals surface area contributed by atoms with Crippen molar-refractivity contribution < 1.29 is 0 Å². The topological polar surface area (TPSA) is 36.4 Å². The molecule has 3 aromatic rings. The zero-order valence-corrected chi connectivity index (χ0v) is 14.5. The van der Waals surface area contributed by atoms with Gasteiger partial charge < -0.3 is 10.6 Å². The largest absolute Gasteiger partial charge is 0.357 e. The Hall–Kier alpha value is -2.98. The van der Waals surface area contributed by atoms with Gasteiger partial charge in [0.25, 0.3) is 0 Å². The first-order chi connectivity index (χ1) is 12.3. The Balaban J connectivity index is 1.76. The summed E-state index contributed by atoms with van der Waals surface area (Å²) >= 11 is 5.41.